The second kappa shape index (κ2) is 11.1. The number of aromatic amines is 1. The van der Waals surface area contributed by atoms with Crippen molar-refractivity contribution in [2.24, 2.45) is 11.3 Å². The fourth-order valence-corrected chi connectivity index (χ4v) is 3.99. The van der Waals surface area contributed by atoms with E-state index < -0.39 is 17.9 Å². The Labute approximate surface area is 210 Å². The Morgan fingerprint density at radius 1 is 1.22 bits per heavy atom. The van der Waals surface area contributed by atoms with Gasteiger partial charge in [0.05, 0.1) is 19.0 Å². The van der Waals surface area contributed by atoms with Crippen LogP contribution in [0, 0.1) is 11.3 Å². The quantitative estimate of drug-likeness (QED) is 0.380. The number of carbonyl (C=O) groups excluding carboxylic acids is 2. The minimum absolute atomic E-state index is 0.0291. The summed E-state index contributed by atoms with van der Waals surface area (Å²) in [7, 11) is 1.36. The van der Waals surface area contributed by atoms with Crippen LogP contribution < -0.4 is 14.8 Å². The summed E-state index contributed by atoms with van der Waals surface area (Å²) in [6.45, 7) is 6.22. The highest BCUT2D eigenvalue weighted by Gasteiger charge is 2.32. The highest BCUT2D eigenvalue weighted by Crippen LogP contribution is 2.37. The lowest BCUT2D eigenvalue weighted by atomic mass is 9.75. The molecule has 1 saturated carbocycles. The number of aromatic nitrogens is 2. The molecule has 7 nitrogen and oxygen atoms in total. The van der Waals surface area contributed by atoms with Crippen LogP contribution in [0.5, 0.6) is 11.5 Å². The van der Waals surface area contributed by atoms with E-state index in [0.29, 0.717) is 17.1 Å². The summed E-state index contributed by atoms with van der Waals surface area (Å²) in [6.07, 6.45) is 8.74. The number of nitrogens with zero attached hydrogens (tertiary/aromatic N) is 1. The molecular weight excluding hydrogens is 468 g/mol. The van der Waals surface area contributed by atoms with Crippen molar-refractivity contribution in [3.63, 3.8) is 0 Å². The molecule has 0 spiro atoms. The number of Topliss-reactive ketones (excluding diaryl/α,β-unsaturated/α-hetero) is 1. The van der Waals surface area contributed by atoms with Crippen molar-refractivity contribution in [2.45, 2.75) is 60.1 Å². The molecule has 1 heterocycles. The number of imidazole rings is 1. The molecule has 1 aliphatic carbocycles. The Hall–Kier alpha value is -3.49. The number of alkyl halides is 2. The second-order valence-corrected chi connectivity index (χ2v) is 9.60. The Balaban J connectivity index is 2.03. The Kier molecular flexibility index (Phi) is 8.32. The standard InChI is InChI=1S/C27H33F2N3O4/c1-7-8-17(27(4,5)24(33)15(2)3)13-22-30-14-19(32-22)16-11-20(35-6)23(21(12-16)36-26(28)29)25(34)31-18-9-10-18/h7-8,11-15,18,26H,9-10H2,1-6H3,(H,30,32)(H,31,34)/b8-7-,17-13+. The number of benzene rings is 1. The number of ether oxygens (including phenoxy) is 2. The van der Waals surface area contributed by atoms with Gasteiger partial charge in [-0.2, -0.15) is 8.78 Å². The summed E-state index contributed by atoms with van der Waals surface area (Å²) in [6, 6.07) is 2.96. The van der Waals surface area contributed by atoms with Gasteiger partial charge in [-0.3, -0.25) is 9.59 Å². The van der Waals surface area contributed by atoms with Crippen LogP contribution in [0.15, 0.2) is 36.1 Å². The largest absolute Gasteiger partial charge is 0.496 e. The Bertz CT molecular complexity index is 1180. The number of methoxy groups -OCH3 is 1. The fourth-order valence-electron chi connectivity index (χ4n) is 3.99. The van der Waals surface area contributed by atoms with Crippen molar-refractivity contribution in [1.29, 1.82) is 0 Å². The first-order valence-corrected chi connectivity index (χ1v) is 11.9. The summed E-state index contributed by atoms with van der Waals surface area (Å²) >= 11 is 0. The maximum Gasteiger partial charge on any atom is 0.387 e. The lowest BCUT2D eigenvalue weighted by Gasteiger charge is -2.26. The number of ketones is 1. The Morgan fingerprint density at radius 3 is 2.44 bits per heavy atom. The molecule has 0 saturated heterocycles. The van der Waals surface area contributed by atoms with Gasteiger partial charge in [-0.15, -0.1) is 0 Å². The van der Waals surface area contributed by atoms with E-state index in [4.69, 9.17) is 9.47 Å². The predicted octanol–water partition coefficient (Wildman–Crippen LogP) is 5.79. The van der Waals surface area contributed by atoms with E-state index in [1.54, 1.807) is 18.3 Å². The molecule has 0 atom stereocenters. The summed E-state index contributed by atoms with van der Waals surface area (Å²) in [5.74, 6) is -0.283. The zero-order chi connectivity index (χ0) is 26.6. The summed E-state index contributed by atoms with van der Waals surface area (Å²) in [5.41, 5.74) is 0.892. The van der Waals surface area contributed by atoms with Crippen molar-refractivity contribution >= 4 is 17.8 Å². The lowest BCUT2D eigenvalue weighted by molar-refractivity contribution is -0.128. The van der Waals surface area contributed by atoms with Gasteiger partial charge in [-0.1, -0.05) is 26.0 Å². The molecule has 1 aliphatic rings. The van der Waals surface area contributed by atoms with Gasteiger partial charge in [0, 0.05) is 22.9 Å². The fraction of sp³-hybridized carbons (Fsp3) is 0.444. The van der Waals surface area contributed by atoms with Gasteiger partial charge in [-0.05, 0) is 57.4 Å². The van der Waals surface area contributed by atoms with Crippen LogP contribution in [0.1, 0.15) is 63.6 Å². The molecule has 0 unspecified atom stereocenters. The van der Waals surface area contributed by atoms with Gasteiger partial charge in [0.1, 0.15) is 28.7 Å². The van der Waals surface area contributed by atoms with E-state index >= 15 is 0 Å². The van der Waals surface area contributed by atoms with Crippen molar-refractivity contribution in [2.75, 3.05) is 7.11 Å². The number of H-pyrrole nitrogens is 1. The normalized spacial score (nSPS) is 14.6. The molecule has 0 radical (unpaired) electrons. The van der Waals surface area contributed by atoms with Crippen LogP contribution in [0.2, 0.25) is 0 Å². The van der Waals surface area contributed by atoms with E-state index in [1.807, 2.05) is 46.8 Å². The molecule has 0 aliphatic heterocycles. The van der Waals surface area contributed by atoms with Gasteiger partial charge < -0.3 is 19.8 Å². The topological polar surface area (TPSA) is 93.3 Å². The molecule has 2 aromatic rings. The van der Waals surface area contributed by atoms with Crippen LogP contribution in [0.25, 0.3) is 17.3 Å². The van der Waals surface area contributed by atoms with Crippen LogP contribution in [0.4, 0.5) is 8.78 Å². The van der Waals surface area contributed by atoms with Crippen molar-refractivity contribution < 1.29 is 27.8 Å². The third-order valence-electron chi connectivity index (χ3n) is 6.05. The minimum atomic E-state index is -3.12. The SMILES string of the molecule is C/C=C\C(=C/c1ncc(-c2cc(OC)c(C(=O)NC3CC3)c(OC(F)F)c2)[nH]1)C(C)(C)C(=O)C(C)C. The second-order valence-electron chi connectivity index (χ2n) is 9.60. The molecule has 1 aromatic heterocycles. The molecular formula is C27H33F2N3O4. The van der Waals surface area contributed by atoms with Gasteiger partial charge in [0.15, 0.2) is 0 Å². The van der Waals surface area contributed by atoms with Crippen LogP contribution >= 0.6 is 0 Å². The molecule has 9 heteroatoms. The first-order chi connectivity index (χ1) is 17.0. The number of hydrogen-bond acceptors (Lipinski definition) is 5. The summed E-state index contributed by atoms with van der Waals surface area (Å²) in [4.78, 5) is 33.1. The third-order valence-corrected chi connectivity index (χ3v) is 6.05. The highest BCUT2D eigenvalue weighted by molar-refractivity contribution is 6.01. The van der Waals surface area contributed by atoms with Crippen molar-refractivity contribution in [3.8, 4) is 22.8 Å². The highest BCUT2D eigenvalue weighted by atomic mass is 19.3. The number of allylic oxidation sites excluding steroid dienone is 3. The zero-order valence-corrected chi connectivity index (χ0v) is 21.4. The molecule has 3 rings (SSSR count). The molecule has 1 fully saturated rings. The summed E-state index contributed by atoms with van der Waals surface area (Å²) in [5, 5.41) is 2.78. The number of hydrogen-bond donors (Lipinski definition) is 2. The number of amides is 1. The van der Waals surface area contributed by atoms with E-state index in [2.05, 4.69) is 15.3 Å². The van der Waals surface area contributed by atoms with Crippen LogP contribution in [-0.2, 0) is 4.79 Å². The number of nitrogens with one attached hydrogen (secondary N) is 2. The lowest BCUT2D eigenvalue weighted by Crippen LogP contribution is -2.29. The van der Waals surface area contributed by atoms with E-state index in [0.717, 1.165) is 18.4 Å². The number of halogens is 2. The average molecular weight is 502 g/mol. The zero-order valence-electron chi connectivity index (χ0n) is 21.4. The van der Waals surface area contributed by atoms with Gasteiger partial charge >= 0.3 is 6.61 Å². The third kappa shape index (κ3) is 6.19. The number of carbonyl (C=O) groups is 2. The first kappa shape index (κ1) is 27.1. The van der Waals surface area contributed by atoms with Gasteiger partial charge in [-0.25, -0.2) is 4.98 Å². The van der Waals surface area contributed by atoms with E-state index in [9.17, 15) is 18.4 Å². The van der Waals surface area contributed by atoms with Crippen molar-refractivity contribution in [1.82, 2.24) is 15.3 Å². The van der Waals surface area contributed by atoms with E-state index in [-0.39, 0.29) is 34.8 Å². The van der Waals surface area contributed by atoms with Gasteiger partial charge in [0.25, 0.3) is 5.91 Å². The Morgan fingerprint density at radius 2 is 1.89 bits per heavy atom. The smallest absolute Gasteiger partial charge is 0.387 e. The minimum Gasteiger partial charge on any atom is -0.496 e. The van der Waals surface area contributed by atoms with Crippen LogP contribution in [-0.4, -0.2) is 41.4 Å². The van der Waals surface area contributed by atoms with Crippen molar-refractivity contribution in [3.05, 3.63) is 47.4 Å². The molecule has 2 N–H and O–H groups in total. The van der Waals surface area contributed by atoms with Gasteiger partial charge in [0.2, 0.25) is 0 Å². The average Bonchev–Trinajstić information content (AvgIpc) is 3.50. The maximum atomic E-state index is 13.2. The molecule has 1 aromatic carbocycles. The molecule has 194 valence electrons. The molecule has 0 bridgehead atoms. The number of rotatable bonds is 11. The first-order valence-electron chi connectivity index (χ1n) is 11.9. The van der Waals surface area contributed by atoms with Crippen LogP contribution in [0.3, 0.4) is 0 Å². The van der Waals surface area contributed by atoms with E-state index in [1.165, 1.54) is 13.2 Å². The summed E-state index contributed by atoms with van der Waals surface area (Å²) < 4.78 is 36.5. The maximum absolute atomic E-state index is 13.2. The molecule has 1 amide bonds. The monoisotopic (exact) mass is 501 g/mol. The molecule has 36 heavy (non-hydrogen) atoms. The predicted molar refractivity (Wildman–Crippen MR) is 134 cm³/mol.